The van der Waals surface area contributed by atoms with Gasteiger partial charge in [0.25, 0.3) is 11.5 Å². The number of nitrogens with zero attached hydrogens (tertiary/aromatic N) is 2. The molecule has 0 fully saturated rings. The number of hydrogen-bond donors (Lipinski definition) is 1. The van der Waals surface area contributed by atoms with E-state index in [0.717, 1.165) is 36.9 Å². The predicted molar refractivity (Wildman–Crippen MR) is 100 cm³/mol. The van der Waals surface area contributed by atoms with Gasteiger partial charge in [0.05, 0.1) is 0 Å². The number of aryl methyl sites for hydroxylation is 2. The topological polar surface area (TPSA) is 63.5 Å². The van der Waals surface area contributed by atoms with Crippen LogP contribution >= 0.6 is 22.9 Å². The highest BCUT2D eigenvalue weighted by atomic mass is 35.5. The quantitative estimate of drug-likeness (QED) is 0.742. The van der Waals surface area contributed by atoms with E-state index < -0.39 is 5.91 Å². The van der Waals surface area contributed by atoms with E-state index in [1.807, 2.05) is 6.92 Å². The van der Waals surface area contributed by atoms with Gasteiger partial charge in [-0.15, -0.1) is 11.3 Å². The SMILES string of the molecule is Cc1c(Cl)cccc1NC(=O)c1cnc2sc3c(n2c1=O)CCCC3. The Bertz CT molecular complexity index is 1050. The van der Waals surface area contributed by atoms with E-state index >= 15 is 0 Å². The smallest absolute Gasteiger partial charge is 0.271 e. The standard InChI is InChI=1S/C18H16ClN3O2S/c1-10-12(19)5-4-6-13(10)21-16(23)11-9-20-18-22(17(11)24)14-7-2-3-8-15(14)25-18/h4-6,9H,2-3,7-8H2,1H3,(H,21,23). The van der Waals surface area contributed by atoms with E-state index in [0.29, 0.717) is 15.7 Å². The lowest BCUT2D eigenvalue weighted by molar-refractivity contribution is 0.102. The summed E-state index contributed by atoms with van der Waals surface area (Å²) in [5.41, 5.74) is 2.11. The Morgan fingerprint density at radius 3 is 2.96 bits per heavy atom. The summed E-state index contributed by atoms with van der Waals surface area (Å²) < 4.78 is 1.61. The fourth-order valence-corrected chi connectivity index (χ4v) is 4.50. The molecule has 5 nitrogen and oxygen atoms in total. The van der Waals surface area contributed by atoms with Crippen molar-refractivity contribution in [2.75, 3.05) is 5.32 Å². The lowest BCUT2D eigenvalue weighted by atomic mass is 10.0. The third-order valence-corrected chi connectivity index (χ3v) is 6.13. The van der Waals surface area contributed by atoms with Crippen LogP contribution in [0.4, 0.5) is 5.69 Å². The minimum absolute atomic E-state index is 0.0445. The fraction of sp³-hybridized carbons (Fsp3) is 0.278. The van der Waals surface area contributed by atoms with E-state index in [2.05, 4.69) is 10.3 Å². The van der Waals surface area contributed by atoms with Gasteiger partial charge in [0.15, 0.2) is 4.96 Å². The van der Waals surface area contributed by atoms with Crippen LogP contribution in [0.15, 0.2) is 29.2 Å². The summed E-state index contributed by atoms with van der Waals surface area (Å²) in [4.78, 5) is 31.7. The van der Waals surface area contributed by atoms with Crippen LogP contribution in [0.3, 0.4) is 0 Å². The molecule has 3 aromatic rings. The van der Waals surface area contributed by atoms with Gasteiger partial charge in [-0.1, -0.05) is 17.7 Å². The Kier molecular flexibility index (Phi) is 4.09. The number of carbonyl (C=O) groups is 1. The molecule has 7 heteroatoms. The number of fused-ring (bicyclic) bond motifs is 3. The molecule has 0 saturated carbocycles. The van der Waals surface area contributed by atoms with Gasteiger partial charge in [-0.3, -0.25) is 14.0 Å². The molecule has 0 radical (unpaired) electrons. The number of thiazole rings is 1. The van der Waals surface area contributed by atoms with Crippen LogP contribution in [0.5, 0.6) is 0 Å². The third-order valence-electron chi connectivity index (χ3n) is 4.56. The number of carbonyl (C=O) groups excluding carboxylic acids is 1. The number of halogens is 1. The molecule has 1 N–H and O–H groups in total. The summed E-state index contributed by atoms with van der Waals surface area (Å²) in [6, 6.07) is 5.27. The predicted octanol–water partition coefficient (Wildman–Crippen LogP) is 3.85. The maximum Gasteiger partial charge on any atom is 0.271 e. The number of rotatable bonds is 2. The molecule has 0 spiro atoms. The van der Waals surface area contributed by atoms with Crippen LogP contribution < -0.4 is 10.9 Å². The van der Waals surface area contributed by atoms with Gasteiger partial charge in [-0.05, 0) is 50.3 Å². The highest BCUT2D eigenvalue weighted by Gasteiger charge is 2.21. The average Bonchev–Trinajstić information content (AvgIpc) is 2.98. The first kappa shape index (κ1) is 16.3. The minimum Gasteiger partial charge on any atom is -0.321 e. The van der Waals surface area contributed by atoms with Crippen molar-refractivity contribution in [3.63, 3.8) is 0 Å². The van der Waals surface area contributed by atoms with Crippen LogP contribution in [-0.4, -0.2) is 15.3 Å². The second-order valence-electron chi connectivity index (χ2n) is 6.14. The van der Waals surface area contributed by atoms with Gasteiger partial charge in [0.2, 0.25) is 0 Å². The number of hydrogen-bond acceptors (Lipinski definition) is 4. The zero-order valence-electron chi connectivity index (χ0n) is 13.6. The molecule has 0 unspecified atom stereocenters. The lowest BCUT2D eigenvalue weighted by Crippen LogP contribution is -2.27. The van der Waals surface area contributed by atoms with E-state index in [1.54, 1.807) is 33.9 Å². The number of anilines is 1. The zero-order valence-corrected chi connectivity index (χ0v) is 15.2. The number of aromatic nitrogens is 2. The third kappa shape index (κ3) is 2.75. The van der Waals surface area contributed by atoms with Crippen molar-refractivity contribution in [2.45, 2.75) is 32.6 Å². The Labute approximate surface area is 153 Å². The van der Waals surface area contributed by atoms with Crippen molar-refractivity contribution in [1.82, 2.24) is 9.38 Å². The van der Waals surface area contributed by atoms with Crippen molar-refractivity contribution in [3.8, 4) is 0 Å². The molecule has 1 aliphatic rings. The van der Waals surface area contributed by atoms with E-state index in [1.165, 1.54) is 11.1 Å². The summed E-state index contributed by atoms with van der Waals surface area (Å²) in [5.74, 6) is -0.465. The summed E-state index contributed by atoms with van der Waals surface area (Å²) >= 11 is 7.63. The molecule has 0 saturated heterocycles. The first-order valence-electron chi connectivity index (χ1n) is 8.15. The molecule has 1 aliphatic carbocycles. The number of benzene rings is 1. The summed E-state index contributed by atoms with van der Waals surface area (Å²) in [7, 11) is 0. The molecule has 0 aliphatic heterocycles. The maximum atomic E-state index is 12.9. The molecular weight excluding hydrogens is 358 g/mol. The van der Waals surface area contributed by atoms with Gasteiger partial charge in [-0.2, -0.15) is 0 Å². The monoisotopic (exact) mass is 373 g/mol. The van der Waals surface area contributed by atoms with Crippen molar-refractivity contribution < 1.29 is 4.79 Å². The van der Waals surface area contributed by atoms with E-state index in [-0.39, 0.29) is 11.1 Å². The van der Waals surface area contributed by atoms with Gasteiger partial charge in [0.1, 0.15) is 5.56 Å². The fourth-order valence-electron chi connectivity index (χ4n) is 3.16. The summed E-state index contributed by atoms with van der Waals surface area (Å²) in [6.45, 7) is 1.82. The molecule has 0 bridgehead atoms. The molecule has 0 atom stereocenters. The van der Waals surface area contributed by atoms with Crippen molar-refractivity contribution in [3.05, 3.63) is 61.5 Å². The van der Waals surface area contributed by atoms with Crippen LogP contribution in [-0.2, 0) is 12.8 Å². The normalized spacial score (nSPS) is 13.7. The molecule has 1 amide bonds. The van der Waals surface area contributed by atoms with Gasteiger partial charge >= 0.3 is 0 Å². The number of amides is 1. The Morgan fingerprint density at radius 1 is 1.32 bits per heavy atom. The Hall–Kier alpha value is -2.18. The van der Waals surface area contributed by atoms with Crippen LogP contribution in [0.1, 0.15) is 39.3 Å². The number of nitrogens with one attached hydrogen (secondary N) is 1. The molecule has 1 aromatic carbocycles. The van der Waals surface area contributed by atoms with Crippen molar-refractivity contribution in [1.29, 1.82) is 0 Å². The summed E-state index contributed by atoms with van der Waals surface area (Å²) in [5, 5.41) is 3.34. The molecule has 2 aromatic heterocycles. The highest BCUT2D eigenvalue weighted by Crippen LogP contribution is 2.28. The molecule has 4 rings (SSSR count). The molecule has 128 valence electrons. The lowest BCUT2D eigenvalue weighted by Gasteiger charge is -2.11. The molecule has 25 heavy (non-hydrogen) atoms. The van der Waals surface area contributed by atoms with Gasteiger partial charge < -0.3 is 5.32 Å². The summed E-state index contributed by atoms with van der Waals surface area (Å²) in [6.07, 6.45) is 5.40. The average molecular weight is 374 g/mol. The van der Waals surface area contributed by atoms with Gasteiger partial charge in [-0.25, -0.2) is 4.98 Å². The van der Waals surface area contributed by atoms with E-state index in [9.17, 15) is 9.59 Å². The first-order chi connectivity index (χ1) is 12.1. The van der Waals surface area contributed by atoms with E-state index in [4.69, 9.17) is 11.6 Å². The second-order valence-corrected chi connectivity index (χ2v) is 7.61. The Balaban J connectivity index is 1.76. The minimum atomic E-state index is -0.465. The Morgan fingerprint density at radius 2 is 2.12 bits per heavy atom. The molecule has 2 heterocycles. The second kappa shape index (κ2) is 6.28. The highest BCUT2D eigenvalue weighted by molar-refractivity contribution is 7.17. The van der Waals surface area contributed by atoms with Gasteiger partial charge in [0, 0.05) is 27.5 Å². The zero-order chi connectivity index (χ0) is 17.6. The molecular formula is C18H16ClN3O2S. The first-order valence-corrected chi connectivity index (χ1v) is 9.34. The van der Waals surface area contributed by atoms with Crippen molar-refractivity contribution in [2.24, 2.45) is 0 Å². The van der Waals surface area contributed by atoms with Crippen molar-refractivity contribution >= 4 is 39.5 Å². The maximum absolute atomic E-state index is 12.9. The van der Waals surface area contributed by atoms with Crippen LogP contribution in [0.2, 0.25) is 5.02 Å². The largest absolute Gasteiger partial charge is 0.321 e. The van der Waals surface area contributed by atoms with Crippen LogP contribution in [0.25, 0.3) is 4.96 Å². The van der Waals surface area contributed by atoms with Crippen LogP contribution in [0, 0.1) is 6.92 Å².